The topological polar surface area (TPSA) is 42.7 Å². The Morgan fingerprint density at radius 2 is 1.90 bits per heavy atom. The third-order valence-corrected chi connectivity index (χ3v) is 3.87. The van der Waals surface area contributed by atoms with E-state index in [4.69, 9.17) is 9.15 Å². The van der Waals surface area contributed by atoms with Crippen LogP contribution >= 0.6 is 0 Å². The summed E-state index contributed by atoms with van der Waals surface area (Å²) in [7, 11) is 0. The fourth-order valence-electron chi connectivity index (χ4n) is 3.13. The van der Waals surface area contributed by atoms with Crippen molar-refractivity contribution in [3.8, 4) is 0 Å². The number of fused-ring (bicyclic) bond motifs is 1. The summed E-state index contributed by atoms with van der Waals surface area (Å²) in [6.07, 6.45) is 0.448. The van der Waals surface area contributed by atoms with Crippen LogP contribution in [0, 0.1) is 6.92 Å². The van der Waals surface area contributed by atoms with Gasteiger partial charge in [-0.25, -0.2) is 4.79 Å². The molecule has 0 bridgehead atoms. The minimum absolute atomic E-state index is 0.224. The summed E-state index contributed by atoms with van der Waals surface area (Å²) in [5.41, 5.74) is 2.58. The number of nitrogens with zero attached hydrogens (tertiary/aromatic N) is 1. The predicted molar refractivity (Wildman–Crippen MR) is 82.5 cm³/mol. The summed E-state index contributed by atoms with van der Waals surface area (Å²) in [4.78, 5) is 14.1. The lowest BCUT2D eigenvalue weighted by atomic mass is 10.1. The van der Waals surface area contributed by atoms with E-state index in [0.717, 1.165) is 30.6 Å². The van der Waals surface area contributed by atoms with Crippen LogP contribution in [0.3, 0.4) is 0 Å². The van der Waals surface area contributed by atoms with Crippen LogP contribution in [0.5, 0.6) is 0 Å². The van der Waals surface area contributed by atoms with Crippen molar-refractivity contribution in [2.45, 2.75) is 39.5 Å². The molecule has 4 heteroatoms. The van der Waals surface area contributed by atoms with Gasteiger partial charge in [0.1, 0.15) is 5.58 Å². The van der Waals surface area contributed by atoms with Gasteiger partial charge in [-0.1, -0.05) is 11.6 Å². The highest BCUT2D eigenvalue weighted by Crippen LogP contribution is 2.21. The zero-order valence-electron chi connectivity index (χ0n) is 12.8. The molecule has 1 aliphatic rings. The fourth-order valence-corrected chi connectivity index (χ4v) is 3.13. The van der Waals surface area contributed by atoms with Crippen LogP contribution in [0.4, 0.5) is 0 Å². The summed E-state index contributed by atoms with van der Waals surface area (Å²) in [6.45, 7) is 8.75. The first-order valence-electron chi connectivity index (χ1n) is 7.42. The van der Waals surface area contributed by atoms with Crippen LogP contribution in [0.25, 0.3) is 11.0 Å². The van der Waals surface area contributed by atoms with E-state index in [0.29, 0.717) is 5.58 Å². The summed E-state index contributed by atoms with van der Waals surface area (Å²) >= 11 is 0. The molecule has 1 aromatic carbocycles. The van der Waals surface area contributed by atoms with Crippen LogP contribution in [0.2, 0.25) is 0 Å². The first kappa shape index (κ1) is 14.3. The van der Waals surface area contributed by atoms with Crippen LogP contribution < -0.4 is 5.63 Å². The molecule has 2 atom stereocenters. The Bertz CT molecular complexity index is 697. The van der Waals surface area contributed by atoms with Crippen molar-refractivity contribution >= 4 is 11.0 Å². The number of hydrogen-bond donors (Lipinski definition) is 0. The largest absolute Gasteiger partial charge is 0.423 e. The number of aryl methyl sites for hydroxylation is 1. The smallest absolute Gasteiger partial charge is 0.336 e. The Hall–Kier alpha value is -1.65. The van der Waals surface area contributed by atoms with Gasteiger partial charge in [0.15, 0.2) is 0 Å². The number of hydrogen-bond acceptors (Lipinski definition) is 4. The zero-order chi connectivity index (χ0) is 15.0. The molecule has 0 amide bonds. The molecule has 112 valence electrons. The molecule has 0 saturated carbocycles. The average Bonchev–Trinajstić information content (AvgIpc) is 2.38. The van der Waals surface area contributed by atoms with Gasteiger partial charge in [0.2, 0.25) is 0 Å². The second kappa shape index (κ2) is 5.62. The lowest BCUT2D eigenvalue weighted by Gasteiger charge is -2.35. The van der Waals surface area contributed by atoms with Crippen molar-refractivity contribution in [2.24, 2.45) is 0 Å². The molecule has 0 aliphatic carbocycles. The van der Waals surface area contributed by atoms with Gasteiger partial charge in [-0.2, -0.15) is 0 Å². The molecule has 0 unspecified atom stereocenters. The highest BCUT2D eigenvalue weighted by Gasteiger charge is 2.22. The SMILES string of the molecule is Cc1ccc2oc(=O)cc(CN3C[C@@H](C)O[C@@H](C)C3)c2c1. The van der Waals surface area contributed by atoms with Crippen molar-refractivity contribution in [3.05, 3.63) is 45.8 Å². The van der Waals surface area contributed by atoms with Gasteiger partial charge in [0, 0.05) is 31.1 Å². The molecule has 1 aromatic heterocycles. The van der Waals surface area contributed by atoms with Gasteiger partial charge in [0.05, 0.1) is 12.2 Å². The summed E-state index contributed by atoms with van der Waals surface area (Å²) in [5.74, 6) is 0. The Morgan fingerprint density at radius 1 is 1.19 bits per heavy atom. The van der Waals surface area contributed by atoms with Crippen molar-refractivity contribution in [3.63, 3.8) is 0 Å². The lowest BCUT2D eigenvalue weighted by Crippen LogP contribution is -2.44. The molecule has 1 fully saturated rings. The molecule has 0 spiro atoms. The van der Waals surface area contributed by atoms with E-state index >= 15 is 0 Å². The molecule has 2 aromatic rings. The van der Waals surface area contributed by atoms with E-state index in [9.17, 15) is 4.79 Å². The van der Waals surface area contributed by atoms with Gasteiger partial charge in [-0.3, -0.25) is 4.90 Å². The average molecular weight is 287 g/mol. The van der Waals surface area contributed by atoms with Gasteiger partial charge in [0.25, 0.3) is 0 Å². The maximum absolute atomic E-state index is 11.7. The molecule has 1 aliphatic heterocycles. The second-order valence-corrected chi connectivity index (χ2v) is 6.04. The number of benzene rings is 1. The summed E-state index contributed by atoms with van der Waals surface area (Å²) < 4.78 is 11.1. The summed E-state index contributed by atoms with van der Waals surface area (Å²) in [5, 5.41) is 1.03. The molecule has 0 radical (unpaired) electrons. The molecule has 3 rings (SSSR count). The monoisotopic (exact) mass is 287 g/mol. The second-order valence-electron chi connectivity index (χ2n) is 6.04. The van der Waals surface area contributed by atoms with Crippen molar-refractivity contribution in [1.82, 2.24) is 4.90 Å². The van der Waals surface area contributed by atoms with Crippen molar-refractivity contribution in [1.29, 1.82) is 0 Å². The van der Waals surface area contributed by atoms with Crippen LogP contribution in [-0.2, 0) is 11.3 Å². The molecular weight excluding hydrogens is 266 g/mol. The zero-order valence-corrected chi connectivity index (χ0v) is 12.8. The number of ether oxygens (including phenoxy) is 1. The van der Waals surface area contributed by atoms with Gasteiger partial charge < -0.3 is 9.15 Å². The van der Waals surface area contributed by atoms with Crippen LogP contribution in [0.15, 0.2) is 33.5 Å². The lowest BCUT2D eigenvalue weighted by molar-refractivity contribution is -0.0704. The van der Waals surface area contributed by atoms with E-state index < -0.39 is 0 Å². The normalized spacial score (nSPS) is 23.6. The first-order chi connectivity index (χ1) is 10.0. The fraction of sp³-hybridized carbons (Fsp3) is 0.471. The Labute approximate surface area is 124 Å². The highest BCUT2D eigenvalue weighted by atomic mass is 16.5. The van der Waals surface area contributed by atoms with E-state index in [1.807, 2.05) is 19.1 Å². The first-order valence-corrected chi connectivity index (χ1v) is 7.42. The van der Waals surface area contributed by atoms with Crippen LogP contribution in [0.1, 0.15) is 25.0 Å². The Morgan fingerprint density at radius 3 is 2.62 bits per heavy atom. The molecule has 4 nitrogen and oxygen atoms in total. The Kier molecular flexibility index (Phi) is 3.83. The molecule has 21 heavy (non-hydrogen) atoms. The maximum atomic E-state index is 11.7. The van der Waals surface area contributed by atoms with Gasteiger partial charge in [-0.05, 0) is 38.5 Å². The molecular formula is C17H21NO3. The third-order valence-electron chi connectivity index (χ3n) is 3.87. The van der Waals surface area contributed by atoms with E-state index in [2.05, 4.69) is 24.8 Å². The van der Waals surface area contributed by atoms with Crippen molar-refractivity contribution in [2.75, 3.05) is 13.1 Å². The molecule has 1 saturated heterocycles. The summed E-state index contributed by atoms with van der Waals surface area (Å²) in [6, 6.07) is 7.54. The molecule has 2 heterocycles. The highest BCUT2D eigenvalue weighted by molar-refractivity contribution is 5.80. The maximum Gasteiger partial charge on any atom is 0.336 e. The quantitative estimate of drug-likeness (QED) is 0.797. The predicted octanol–water partition coefficient (Wildman–Crippen LogP) is 2.71. The minimum atomic E-state index is -0.282. The molecule has 0 N–H and O–H groups in total. The van der Waals surface area contributed by atoms with E-state index in [-0.39, 0.29) is 17.8 Å². The van der Waals surface area contributed by atoms with Gasteiger partial charge in [-0.15, -0.1) is 0 Å². The van der Waals surface area contributed by atoms with Crippen LogP contribution in [-0.4, -0.2) is 30.2 Å². The van der Waals surface area contributed by atoms with Gasteiger partial charge >= 0.3 is 5.63 Å². The minimum Gasteiger partial charge on any atom is -0.423 e. The van der Waals surface area contributed by atoms with E-state index in [1.165, 1.54) is 5.56 Å². The van der Waals surface area contributed by atoms with Crippen molar-refractivity contribution < 1.29 is 9.15 Å². The Balaban J connectivity index is 1.96. The van der Waals surface area contributed by atoms with E-state index in [1.54, 1.807) is 6.07 Å². The number of rotatable bonds is 2. The number of morpholine rings is 1. The third kappa shape index (κ3) is 3.17. The standard InChI is InChI=1S/C17H21NO3/c1-11-4-5-16-15(6-11)14(7-17(19)21-16)10-18-8-12(2)20-13(3)9-18/h4-7,12-13H,8-10H2,1-3H3/t12-,13+.